The molecule has 1 aliphatic rings. The minimum Gasteiger partial charge on any atom is -0.329 e. The summed E-state index contributed by atoms with van der Waals surface area (Å²) in [5, 5.41) is 8.43. The molecular weight excluding hydrogens is 166 g/mol. The molecule has 0 aromatic carbocycles. The number of carbonyl (C=O) groups is 1. The Kier molecular flexibility index (Phi) is 3.26. The summed E-state index contributed by atoms with van der Waals surface area (Å²) in [7, 11) is 1.85. The lowest BCUT2D eigenvalue weighted by Gasteiger charge is -2.21. The van der Waals surface area contributed by atoms with Gasteiger partial charge in [0.25, 0.3) is 0 Å². The van der Waals surface area contributed by atoms with Crippen LogP contribution in [0.5, 0.6) is 0 Å². The lowest BCUT2D eigenvalue weighted by Crippen LogP contribution is -2.36. The maximum atomic E-state index is 11.3. The summed E-state index contributed by atoms with van der Waals surface area (Å²) >= 11 is 0. The van der Waals surface area contributed by atoms with Crippen LogP contribution in [0.1, 0.15) is 13.3 Å². The fraction of sp³-hybridized carbons (Fsp3) is 0.778. The minimum absolute atomic E-state index is 0.206. The summed E-state index contributed by atoms with van der Waals surface area (Å²) in [6.07, 6.45) is 0.653. The molecule has 1 amide bonds. The van der Waals surface area contributed by atoms with Crippen molar-refractivity contribution in [1.82, 2.24) is 9.80 Å². The molecule has 1 unspecified atom stereocenters. The van der Waals surface area contributed by atoms with Crippen LogP contribution in [0, 0.1) is 17.2 Å². The number of rotatable bonds is 3. The molecule has 13 heavy (non-hydrogen) atoms. The van der Waals surface area contributed by atoms with E-state index in [0.29, 0.717) is 25.6 Å². The second kappa shape index (κ2) is 4.24. The quantitative estimate of drug-likeness (QED) is 0.587. The highest BCUT2D eigenvalue weighted by atomic mass is 16.2. The van der Waals surface area contributed by atoms with Gasteiger partial charge in [-0.15, -0.1) is 0 Å². The first-order valence-electron chi connectivity index (χ1n) is 4.46. The smallest absolute Gasteiger partial charge is 0.223 e. The third-order valence-corrected chi connectivity index (χ3v) is 2.16. The van der Waals surface area contributed by atoms with Gasteiger partial charge in [0, 0.05) is 13.0 Å². The van der Waals surface area contributed by atoms with Gasteiger partial charge in [-0.25, -0.2) is 0 Å². The zero-order valence-corrected chi connectivity index (χ0v) is 8.16. The second-order valence-corrected chi connectivity index (χ2v) is 3.74. The van der Waals surface area contributed by atoms with Crippen LogP contribution in [0.4, 0.5) is 0 Å². The van der Waals surface area contributed by atoms with Gasteiger partial charge in [-0.2, -0.15) is 5.26 Å². The number of carbonyl (C=O) groups excluding carboxylic acids is 1. The molecule has 1 rings (SSSR count). The average Bonchev–Trinajstić information content (AvgIpc) is 2.30. The van der Waals surface area contributed by atoms with Crippen molar-refractivity contribution in [3.63, 3.8) is 0 Å². The van der Waals surface area contributed by atoms with E-state index in [-0.39, 0.29) is 5.91 Å². The van der Waals surface area contributed by atoms with E-state index in [1.807, 2.05) is 16.8 Å². The van der Waals surface area contributed by atoms with Crippen LogP contribution in [-0.4, -0.2) is 42.5 Å². The van der Waals surface area contributed by atoms with Crippen LogP contribution in [-0.2, 0) is 4.79 Å². The average molecular weight is 181 g/mol. The van der Waals surface area contributed by atoms with E-state index in [1.54, 1.807) is 0 Å². The Bertz CT molecular complexity index is 234. The first-order valence-corrected chi connectivity index (χ1v) is 4.46. The Morgan fingerprint density at radius 1 is 1.77 bits per heavy atom. The molecule has 0 aromatic heterocycles. The molecule has 72 valence electrons. The van der Waals surface area contributed by atoms with Gasteiger partial charge in [0.2, 0.25) is 5.91 Å². The van der Waals surface area contributed by atoms with Gasteiger partial charge < -0.3 is 4.90 Å². The monoisotopic (exact) mass is 181 g/mol. The molecule has 4 nitrogen and oxygen atoms in total. The molecule has 1 heterocycles. The number of likely N-dealkylation sites (tertiary alicyclic amines) is 1. The summed E-state index contributed by atoms with van der Waals surface area (Å²) < 4.78 is 0. The third-order valence-electron chi connectivity index (χ3n) is 2.16. The van der Waals surface area contributed by atoms with Crippen LogP contribution >= 0.6 is 0 Å². The van der Waals surface area contributed by atoms with E-state index in [0.717, 1.165) is 6.54 Å². The highest BCUT2D eigenvalue weighted by Gasteiger charge is 2.26. The topological polar surface area (TPSA) is 47.3 Å². The minimum atomic E-state index is 0.206. The van der Waals surface area contributed by atoms with Crippen LogP contribution in [0.3, 0.4) is 0 Å². The molecule has 0 aliphatic carbocycles. The molecule has 1 aliphatic heterocycles. The van der Waals surface area contributed by atoms with Gasteiger partial charge in [0.1, 0.15) is 0 Å². The largest absolute Gasteiger partial charge is 0.329 e. The highest BCUT2D eigenvalue weighted by molar-refractivity contribution is 5.78. The fourth-order valence-corrected chi connectivity index (χ4v) is 1.57. The summed E-state index contributed by atoms with van der Waals surface area (Å²) in [5.74, 6) is 0.667. The first kappa shape index (κ1) is 10.0. The molecule has 0 bridgehead atoms. The highest BCUT2D eigenvalue weighted by Crippen LogP contribution is 2.16. The van der Waals surface area contributed by atoms with Crippen molar-refractivity contribution in [2.24, 2.45) is 5.92 Å². The third kappa shape index (κ3) is 2.71. The molecule has 1 saturated heterocycles. The molecule has 1 atom stereocenters. The van der Waals surface area contributed by atoms with Crippen molar-refractivity contribution in [2.45, 2.75) is 13.3 Å². The summed E-state index contributed by atoms with van der Waals surface area (Å²) in [6, 6.07) is 2.06. The first-order chi connectivity index (χ1) is 6.13. The standard InChI is InChI=1S/C9H15N3O/c1-8-5-9(13)12(6-8)7-11(2)4-3-10/h8H,4-7H2,1-2H3. The predicted molar refractivity (Wildman–Crippen MR) is 48.6 cm³/mol. The maximum absolute atomic E-state index is 11.3. The van der Waals surface area contributed by atoms with E-state index < -0.39 is 0 Å². The van der Waals surface area contributed by atoms with Gasteiger partial charge >= 0.3 is 0 Å². The Morgan fingerprint density at radius 3 is 2.92 bits per heavy atom. The van der Waals surface area contributed by atoms with Gasteiger partial charge in [-0.1, -0.05) is 6.92 Å². The van der Waals surface area contributed by atoms with Crippen LogP contribution in [0.15, 0.2) is 0 Å². The van der Waals surface area contributed by atoms with Gasteiger partial charge in [-0.05, 0) is 13.0 Å². The van der Waals surface area contributed by atoms with Crippen molar-refractivity contribution < 1.29 is 4.79 Å². The molecule has 0 saturated carbocycles. The second-order valence-electron chi connectivity index (χ2n) is 3.74. The Labute approximate surface area is 78.7 Å². The Balaban J connectivity index is 2.37. The molecule has 0 spiro atoms. The number of hydrogen-bond donors (Lipinski definition) is 0. The van der Waals surface area contributed by atoms with E-state index in [4.69, 9.17) is 5.26 Å². The molecule has 0 N–H and O–H groups in total. The maximum Gasteiger partial charge on any atom is 0.223 e. The van der Waals surface area contributed by atoms with Gasteiger partial charge in [-0.3, -0.25) is 9.69 Å². The van der Waals surface area contributed by atoms with Crippen LogP contribution in [0.25, 0.3) is 0 Å². The number of hydrogen-bond acceptors (Lipinski definition) is 3. The molecule has 0 aromatic rings. The SMILES string of the molecule is CC1CC(=O)N(CN(C)CC#N)C1. The van der Waals surface area contributed by atoms with Crippen LogP contribution in [0.2, 0.25) is 0 Å². The van der Waals surface area contributed by atoms with E-state index in [9.17, 15) is 4.79 Å². The number of nitriles is 1. The molecule has 0 radical (unpaired) electrons. The molecular formula is C9H15N3O. The lowest BCUT2D eigenvalue weighted by atomic mass is 10.2. The van der Waals surface area contributed by atoms with E-state index >= 15 is 0 Å². The van der Waals surface area contributed by atoms with Crippen molar-refractivity contribution >= 4 is 5.91 Å². The Hall–Kier alpha value is -1.08. The van der Waals surface area contributed by atoms with E-state index in [2.05, 4.69) is 13.0 Å². The Morgan fingerprint density at radius 2 is 2.46 bits per heavy atom. The summed E-state index contributed by atoms with van der Waals surface area (Å²) in [4.78, 5) is 15.0. The predicted octanol–water partition coefficient (Wildman–Crippen LogP) is 0.268. The normalized spacial score (nSPS) is 22.5. The van der Waals surface area contributed by atoms with Gasteiger partial charge in [0.15, 0.2) is 0 Å². The number of nitrogens with zero attached hydrogens (tertiary/aromatic N) is 3. The summed E-state index contributed by atoms with van der Waals surface area (Å²) in [5.41, 5.74) is 0. The zero-order valence-electron chi connectivity index (χ0n) is 8.16. The van der Waals surface area contributed by atoms with Crippen molar-refractivity contribution in [2.75, 3.05) is 26.8 Å². The van der Waals surface area contributed by atoms with Crippen molar-refractivity contribution in [3.8, 4) is 6.07 Å². The van der Waals surface area contributed by atoms with Crippen LogP contribution < -0.4 is 0 Å². The molecule has 1 fully saturated rings. The van der Waals surface area contributed by atoms with E-state index in [1.165, 1.54) is 0 Å². The fourth-order valence-electron chi connectivity index (χ4n) is 1.57. The van der Waals surface area contributed by atoms with Crippen molar-refractivity contribution in [1.29, 1.82) is 5.26 Å². The lowest BCUT2D eigenvalue weighted by molar-refractivity contribution is -0.129. The van der Waals surface area contributed by atoms with Crippen molar-refractivity contribution in [3.05, 3.63) is 0 Å². The summed E-state index contributed by atoms with van der Waals surface area (Å²) in [6.45, 7) is 3.85. The number of amides is 1. The van der Waals surface area contributed by atoms with Gasteiger partial charge in [0.05, 0.1) is 19.3 Å². The molecule has 4 heteroatoms. The zero-order chi connectivity index (χ0) is 9.84.